The van der Waals surface area contributed by atoms with Gasteiger partial charge in [-0.25, -0.2) is 4.79 Å². The van der Waals surface area contributed by atoms with Crippen LogP contribution in [-0.4, -0.2) is 23.0 Å². The third kappa shape index (κ3) is 4.78. The molecule has 1 atom stereocenters. The molecule has 2 aromatic rings. The number of aryl methyl sites for hydroxylation is 1. The Kier molecular flexibility index (Phi) is 5.64. The fourth-order valence-corrected chi connectivity index (χ4v) is 3.41. The maximum absolute atomic E-state index is 11.9. The summed E-state index contributed by atoms with van der Waals surface area (Å²) >= 11 is 0. The lowest BCUT2D eigenvalue weighted by atomic mass is 10.0. The van der Waals surface area contributed by atoms with Crippen molar-refractivity contribution in [3.05, 3.63) is 59.2 Å². The molecule has 1 fully saturated rings. The van der Waals surface area contributed by atoms with Crippen LogP contribution in [0.3, 0.4) is 0 Å². The van der Waals surface area contributed by atoms with Crippen molar-refractivity contribution in [1.29, 1.82) is 5.41 Å². The molecule has 27 heavy (non-hydrogen) atoms. The van der Waals surface area contributed by atoms with Crippen LogP contribution in [0.25, 0.3) is 0 Å². The maximum atomic E-state index is 11.9. The highest BCUT2D eigenvalue weighted by Crippen LogP contribution is 2.29. The molecule has 0 aromatic heterocycles. The molecule has 0 amide bonds. The zero-order chi connectivity index (χ0) is 19.4. The summed E-state index contributed by atoms with van der Waals surface area (Å²) in [5, 5.41) is 20.2. The number of carbonyl (C=O) groups is 1. The van der Waals surface area contributed by atoms with Gasteiger partial charge in [0.1, 0.15) is 11.6 Å². The fraction of sp³-hybridized carbons (Fsp3) is 0.333. The van der Waals surface area contributed by atoms with E-state index in [1.165, 1.54) is 12.8 Å². The molecule has 5 N–H and O–H groups in total. The third-order valence-corrected chi connectivity index (χ3v) is 4.77. The number of nitrogen functional groups attached to an aromatic ring is 1. The highest BCUT2D eigenvalue weighted by atomic mass is 16.5. The summed E-state index contributed by atoms with van der Waals surface area (Å²) in [4.78, 5) is 11.9. The number of carboxylic acid groups (broad SMARTS) is 1. The van der Waals surface area contributed by atoms with Crippen LogP contribution in [0.2, 0.25) is 0 Å². The minimum Gasteiger partial charge on any atom is -0.490 e. The molecule has 0 heterocycles. The molecule has 6 heteroatoms. The molecule has 3 rings (SSSR count). The van der Waals surface area contributed by atoms with Crippen LogP contribution in [0.1, 0.15) is 48.4 Å². The minimum absolute atomic E-state index is 0.0243. The van der Waals surface area contributed by atoms with Gasteiger partial charge in [-0.3, -0.25) is 5.41 Å². The number of benzene rings is 2. The lowest BCUT2D eigenvalue weighted by Crippen LogP contribution is -2.21. The first-order chi connectivity index (χ1) is 12.9. The van der Waals surface area contributed by atoms with E-state index in [2.05, 4.69) is 5.32 Å². The van der Waals surface area contributed by atoms with Gasteiger partial charge in [0, 0.05) is 11.3 Å². The smallest absolute Gasteiger partial charge is 0.330 e. The van der Waals surface area contributed by atoms with Crippen LogP contribution >= 0.6 is 0 Å². The van der Waals surface area contributed by atoms with E-state index in [0.717, 1.165) is 24.2 Å². The Hall–Kier alpha value is -3.02. The van der Waals surface area contributed by atoms with Crippen molar-refractivity contribution in [2.75, 3.05) is 5.32 Å². The van der Waals surface area contributed by atoms with Crippen LogP contribution in [0.4, 0.5) is 5.69 Å². The predicted molar refractivity (Wildman–Crippen MR) is 106 cm³/mol. The van der Waals surface area contributed by atoms with Crippen LogP contribution in [-0.2, 0) is 4.79 Å². The normalized spacial score (nSPS) is 15.3. The van der Waals surface area contributed by atoms with Crippen LogP contribution in [0.15, 0.2) is 42.5 Å². The second kappa shape index (κ2) is 8.12. The summed E-state index contributed by atoms with van der Waals surface area (Å²) in [5.74, 6) is -0.274. The fourth-order valence-electron chi connectivity index (χ4n) is 3.41. The molecule has 1 aliphatic carbocycles. The molecule has 142 valence electrons. The average Bonchev–Trinajstić information content (AvgIpc) is 3.12. The summed E-state index contributed by atoms with van der Waals surface area (Å²) in [6.45, 7) is 1.94. The Morgan fingerprint density at radius 1 is 1.22 bits per heavy atom. The molecule has 6 nitrogen and oxygen atoms in total. The molecule has 2 aromatic carbocycles. The SMILES string of the molecule is Cc1cc(OC2CCCC2)cc(C(Nc2ccc(C(=N)N)cc2)C(=O)O)c1. The van der Waals surface area contributed by atoms with Gasteiger partial charge >= 0.3 is 5.97 Å². The van der Waals surface area contributed by atoms with E-state index in [1.807, 2.05) is 19.1 Å². The highest BCUT2D eigenvalue weighted by Gasteiger charge is 2.22. The molecule has 0 radical (unpaired) electrons. The first kappa shape index (κ1) is 18.8. The van der Waals surface area contributed by atoms with E-state index in [9.17, 15) is 9.90 Å². The van der Waals surface area contributed by atoms with E-state index in [1.54, 1.807) is 30.3 Å². The number of nitrogens with two attached hydrogens (primary N) is 1. The van der Waals surface area contributed by atoms with Gasteiger partial charge in [0.05, 0.1) is 6.10 Å². The zero-order valence-electron chi connectivity index (χ0n) is 15.4. The van der Waals surface area contributed by atoms with E-state index >= 15 is 0 Å². The number of rotatable bonds is 7. The quantitative estimate of drug-likeness (QED) is 0.439. The van der Waals surface area contributed by atoms with Crippen molar-refractivity contribution in [3.63, 3.8) is 0 Å². The molecule has 1 saturated carbocycles. The van der Waals surface area contributed by atoms with E-state index in [0.29, 0.717) is 16.8 Å². The number of amidine groups is 1. The number of carboxylic acids is 1. The standard InChI is InChI=1S/C21H25N3O3/c1-13-10-15(12-18(11-13)27-17-4-2-3-5-17)19(21(25)26)24-16-8-6-14(7-9-16)20(22)23/h6-12,17,19,24H,2-5H2,1H3,(H3,22,23)(H,25,26). The number of ether oxygens (including phenoxy) is 1. The first-order valence-electron chi connectivity index (χ1n) is 9.14. The Bertz CT molecular complexity index is 827. The van der Waals surface area contributed by atoms with Crippen molar-refractivity contribution < 1.29 is 14.6 Å². The van der Waals surface area contributed by atoms with Crippen molar-refractivity contribution >= 4 is 17.5 Å². The lowest BCUT2D eigenvalue weighted by Gasteiger charge is -2.19. The van der Waals surface area contributed by atoms with Crippen molar-refractivity contribution in [3.8, 4) is 5.75 Å². The number of hydrogen-bond donors (Lipinski definition) is 4. The Balaban J connectivity index is 1.82. The molecule has 1 aliphatic rings. The molecular weight excluding hydrogens is 342 g/mol. The second-order valence-electron chi connectivity index (χ2n) is 7.01. The minimum atomic E-state index is -0.969. The summed E-state index contributed by atoms with van der Waals surface area (Å²) in [5.41, 5.74) is 8.30. The molecular formula is C21H25N3O3. The number of hydrogen-bond acceptors (Lipinski definition) is 4. The van der Waals surface area contributed by atoms with E-state index in [-0.39, 0.29) is 11.9 Å². The van der Waals surface area contributed by atoms with Crippen molar-refractivity contribution in [2.45, 2.75) is 44.8 Å². The largest absolute Gasteiger partial charge is 0.490 e. The average molecular weight is 367 g/mol. The Morgan fingerprint density at radius 2 is 1.89 bits per heavy atom. The van der Waals surface area contributed by atoms with Gasteiger partial charge in [-0.05, 0) is 80.1 Å². The summed E-state index contributed by atoms with van der Waals surface area (Å²) in [6.07, 6.45) is 4.67. The first-order valence-corrected chi connectivity index (χ1v) is 9.14. The van der Waals surface area contributed by atoms with Crippen molar-refractivity contribution in [2.24, 2.45) is 5.73 Å². The van der Waals surface area contributed by atoms with Crippen LogP contribution in [0.5, 0.6) is 5.75 Å². The Morgan fingerprint density at radius 3 is 2.48 bits per heavy atom. The molecule has 0 spiro atoms. The van der Waals surface area contributed by atoms with Crippen LogP contribution in [0, 0.1) is 12.3 Å². The van der Waals surface area contributed by atoms with E-state index < -0.39 is 12.0 Å². The molecule has 1 unspecified atom stereocenters. The van der Waals surface area contributed by atoms with Gasteiger partial charge in [0.25, 0.3) is 0 Å². The van der Waals surface area contributed by atoms with Crippen molar-refractivity contribution in [1.82, 2.24) is 0 Å². The van der Waals surface area contributed by atoms with Gasteiger partial charge in [0.2, 0.25) is 0 Å². The molecule has 0 bridgehead atoms. The topological polar surface area (TPSA) is 108 Å². The third-order valence-electron chi connectivity index (χ3n) is 4.77. The van der Waals surface area contributed by atoms with Gasteiger partial charge in [-0.2, -0.15) is 0 Å². The monoisotopic (exact) mass is 367 g/mol. The van der Waals surface area contributed by atoms with Gasteiger partial charge in [-0.1, -0.05) is 6.07 Å². The van der Waals surface area contributed by atoms with E-state index in [4.69, 9.17) is 15.9 Å². The molecule has 0 aliphatic heterocycles. The number of anilines is 1. The summed E-state index contributed by atoms with van der Waals surface area (Å²) in [7, 11) is 0. The van der Waals surface area contributed by atoms with Gasteiger partial charge in [0.15, 0.2) is 6.04 Å². The summed E-state index contributed by atoms with van der Waals surface area (Å²) < 4.78 is 6.06. The zero-order valence-corrected chi connectivity index (χ0v) is 15.4. The van der Waals surface area contributed by atoms with Crippen LogP contribution < -0.4 is 15.8 Å². The second-order valence-corrected chi connectivity index (χ2v) is 7.01. The van der Waals surface area contributed by atoms with Gasteiger partial charge < -0.3 is 20.9 Å². The molecule has 0 saturated heterocycles. The predicted octanol–water partition coefficient (Wildman–Crippen LogP) is 3.84. The van der Waals surface area contributed by atoms with Gasteiger partial charge in [-0.15, -0.1) is 0 Å². The maximum Gasteiger partial charge on any atom is 0.330 e. The summed E-state index contributed by atoms with van der Waals surface area (Å²) in [6, 6.07) is 11.5. The lowest BCUT2D eigenvalue weighted by molar-refractivity contribution is -0.138. The number of nitrogens with one attached hydrogen (secondary N) is 2. The Labute approximate surface area is 158 Å². The number of aliphatic carboxylic acids is 1. The highest BCUT2D eigenvalue weighted by molar-refractivity contribution is 5.95.